The summed E-state index contributed by atoms with van der Waals surface area (Å²) in [7, 11) is 0. The first kappa shape index (κ1) is 14.1. The lowest BCUT2D eigenvalue weighted by Crippen LogP contribution is -2.42. The third-order valence-electron chi connectivity index (χ3n) is 5.35. The molecule has 1 unspecified atom stereocenters. The van der Waals surface area contributed by atoms with Gasteiger partial charge in [-0.2, -0.15) is 0 Å². The number of amides is 2. The van der Waals surface area contributed by atoms with Crippen LogP contribution in [0.4, 0.5) is 5.69 Å². The van der Waals surface area contributed by atoms with Crippen LogP contribution in [0.25, 0.3) is 0 Å². The Balaban J connectivity index is 1.40. The number of benzene rings is 1. The van der Waals surface area contributed by atoms with Crippen LogP contribution in [0.3, 0.4) is 0 Å². The fourth-order valence-corrected chi connectivity index (χ4v) is 4.38. The molecule has 3 aliphatic rings. The summed E-state index contributed by atoms with van der Waals surface area (Å²) < 4.78 is 0. The Morgan fingerprint density at radius 1 is 1.23 bits per heavy atom. The van der Waals surface area contributed by atoms with Crippen LogP contribution in [0.1, 0.15) is 25.7 Å². The van der Waals surface area contributed by atoms with Crippen molar-refractivity contribution in [3.63, 3.8) is 0 Å². The number of fused-ring (bicyclic) bond motifs is 1. The third kappa shape index (κ3) is 2.30. The monoisotopic (exact) mass is 318 g/mol. The Kier molecular flexibility index (Phi) is 3.37. The van der Waals surface area contributed by atoms with E-state index < -0.39 is 0 Å². The summed E-state index contributed by atoms with van der Waals surface area (Å²) in [6.07, 6.45) is 4.27. The predicted molar refractivity (Wildman–Crippen MR) is 84.7 cm³/mol. The summed E-state index contributed by atoms with van der Waals surface area (Å²) in [5.74, 6) is 1.39. The third-order valence-corrected chi connectivity index (χ3v) is 5.59. The maximum atomic E-state index is 12.5. The number of carbonyl (C=O) groups is 2. The highest BCUT2D eigenvalue weighted by Crippen LogP contribution is 2.57. The van der Waals surface area contributed by atoms with E-state index in [4.69, 9.17) is 11.6 Å². The number of anilines is 1. The first-order valence-electron chi connectivity index (χ1n) is 8.02. The minimum absolute atomic E-state index is 0.0265. The maximum absolute atomic E-state index is 12.5. The van der Waals surface area contributed by atoms with E-state index in [-0.39, 0.29) is 23.8 Å². The SMILES string of the molecule is O=C(N[C@H]1CCN(c2cccc(Cl)c2)C1=O)C1[C@H]2CCC[C@@H]12. The van der Waals surface area contributed by atoms with Crippen molar-refractivity contribution in [2.75, 3.05) is 11.4 Å². The molecule has 4 rings (SSSR count). The molecule has 2 aliphatic carbocycles. The fourth-order valence-electron chi connectivity index (χ4n) is 4.19. The summed E-state index contributed by atoms with van der Waals surface area (Å²) in [5.41, 5.74) is 0.803. The molecule has 0 radical (unpaired) electrons. The molecule has 1 N–H and O–H groups in total. The van der Waals surface area contributed by atoms with Gasteiger partial charge in [0.1, 0.15) is 6.04 Å². The number of carbonyl (C=O) groups excluding carboxylic acids is 2. The molecule has 4 nitrogen and oxygen atoms in total. The summed E-state index contributed by atoms with van der Waals surface area (Å²) in [4.78, 5) is 26.5. The fraction of sp³-hybridized carbons (Fsp3) is 0.529. The van der Waals surface area contributed by atoms with Gasteiger partial charge in [-0.3, -0.25) is 9.59 Å². The predicted octanol–water partition coefficient (Wildman–Crippen LogP) is 2.61. The zero-order valence-electron chi connectivity index (χ0n) is 12.3. The molecule has 2 amide bonds. The quantitative estimate of drug-likeness (QED) is 0.931. The van der Waals surface area contributed by atoms with Gasteiger partial charge in [0.2, 0.25) is 11.8 Å². The van der Waals surface area contributed by atoms with E-state index in [0.717, 1.165) is 5.69 Å². The molecule has 5 heteroatoms. The smallest absolute Gasteiger partial charge is 0.249 e. The van der Waals surface area contributed by atoms with E-state index >= 15 is 0 Å². The summed E-state index contributed by atoms with van der Waals surface area (Å²) >= 11 is 5.99. The summed E-state index contributed by atoms with van der Waals surface area (Å²) in [5, 5.41) is 3.58. The molecule has 0 spiro atoms. The number of hydrogen-bond donors (Lipinski definition) is 1. The Morgan fingerprint density at radius 3 is 2.73 bits per heavy atom. The zero-order chi connectivity index (χ0) is 15.3. The van der Waals surface area contributed by atoms with Gasteiger partial charge in [-0.1, -0.05) is 24.1 Å². The minimum Gasteiger partial charge on any atom is -0.344 e. The molecule has 0 bridgehead atoms. The normalized spacial score (nSPS) is 33.0. The molecule has 0 aromatic heterocycles. The second-order valence-corrected chi connectivity index (χ2v) is 7.04. The first-order chi connectivity index (χ1) is 10.6. The molecule has 1 aromatic carbocycles. The Morgan fingerprint density at radius 2 is 2.00 bits per heavy atom. The minimum atomic E-state index is -0.382. The highest BCUT2D eigenvalue weighted by Gasteiger charge is 2.57. The highest BCUT2D eigenvalue weighted by atomic mass is 35.5. The molecule has 1 aliphatic heterocycles. The van der Waals surface area contributed by atoms with Gasteiger partial charge in [-0.05, 0) is 49.3 Å². The van der Waals surface area contributed by atoms with Crippen LogP contribution in [-0.2, 0) is 9.59 Å². The van der Waals surface area contributed by atoms with Gasteiger partial charge < -0.3 is 10.2 Å². The molecule has 1 aromatic rings. The molecule has 1 saturated heterocycles. The van der Waals surface area contributed by atoms with E-state index in [1.54, 1.807) is 17.0 Å². The van der Waals surface area contributed by atoms with Gasteiger partial charge in [-0.15, -0.1) is 0 Å². The zero-order valence-corrected chi connectivity index (χ0v) is 13.1. The molecule has 22 heavy (non-hydrogen) atoms. The van der Waals surface area contributed by atoms with Crippen molar-refractivity contribution in [2.45, 2.75) is 31.7 Å². The Bertz CT molecular complexity index is 623. The van der Waals surface area contributed by atoms with Gasteiger partial charge in [0.25, 0.3) is 0 Å². The lowest BCUT2D eigenvalue weighted by molar-refractivity contribution is -0.127. The van der Waals surface area contributed by atoms with E-state index in [0.29, 0.717) is 29.8 Å². The average molecular weight is 319 g/mol. The second-order valence-electron chi connectivity index (χ2n) is 6.60. The number of rotatable bonds is 3. The van der Waals surface area contributed by atoms with Gasteiger partial charge in [0, 0.05) is 23.2 Å². The van der Waals surface area contributed by atoms with Gasteiger partial charge in [0.05, 0.1) is 0 Å². The average Bonchev–Trinajstić information content (AvgIpc) is 2.81. The van der Waals surface area contributed by atoms with Crippen LogP contribution < -0.4 is 10.2 Å². The van der Waals surface area contributed by atoms with Gasteiger partial charge >= 0.3 is 0 Å². The molecule has 1 heterocycles. The molecule has 2 saturated carbocycles. The van der Waals surface area contributed by atoms with Crippen molar-refractivity contribution in [2.24, 2.45) is 17.8 Å². The number of hydrogen-bond acceptors (Lipinski definition) is 2. The number of nitrogens with one attached hydrogen (secondary N) is 1. The Labute approximate surface area is 134 Å². The van der Waals surface area contributed by atoms with Gasteiger partial charge in [-0.25, -0.2) is 0 Å². The van der Waals surface area contributed by atoms with Crippen molar-refractivity contribution in [1.82, 2.24) is 5.32 Å². The first-order valence-corrected chi connectivity index (χ1v) is 8.40. The van der Waals surface area contributed by atoms with Crippen molar-refractivity contribution in [3.8, 4) is 0 Å². The van der Waals surface area contributed by atoms with E-state index in [2.05, 4.69) is 5.32 Å². The van der Waals surface area contributed by atoms with Crippen molar-refractivity contribution in [3.05, 3.63) is 29.3 Å². The molecule has 116 valence electrons. The number of halogens is 1. The van der Waals surface area contributed by atoms with Crippen LogP contribution >= 0.6 is 11.6 Å². The molecule has 3 fully saturated rings. The largest absolute Gasteiger partial charge is 0.344 e. The topological polar surface area (TPSA) is 49.4 Å². The van der Waals surface area contributed by atoms with Crippen molar-refractivity contribution < 1.29 is 9.59 Å². The van der Waals surface area contributed by atoms with Crippen molar-refractivity contribution in [1.29, 1.82) is 0 Å². The van der Waals surface area contributed by atoms with Crippen LogP contribution in [0, 0.1) is 17.8 Å². The molecular formula is C17H19ClN2O2. The van der Waals surface area contributed by atoms with Crippen LogP contribution in [0.2, 0.25) is 5.02 Å². The van der Waals surface area contributed by atoms with E-state index in [1.807, 2.05) is 12.1 Å². The van der Waals surface area contributed by atoms with Gasteiger partial charge in [0.15, 0.2) is 0 Å². The van der Waals surface area contributed by atoms with Crippen LogP contribution in [0.5, 0.6) is 0 Å². The number of nitrogens with zero attached hydrogens (tertiary/aromatic N) is 1. The van der Waals surface area contributed by atoms with Crippen LogP contribution in [0.15, 0.2) is 24.3 Å². The van der Waals surface area contributed by atoms with Crippen LogP contribution in [-0.4, -0.2) is 24.4 Å². The lowest BCUT2D eigenvalue weighted by Gasteiger charge is -2.17. The summed E-state index contributed by atoms with van der Waals surface area (Å²) in [6, 6.07) is 6.90. The molecular weight excluding hydrogens is 300 g/mol. The maximum Gasteiger partial charge on any atom is 0.249 e. The highest BCUT2D eigenvalue weighted by molar-refractivity contribution is 6.31. The second kappa shape index (κ2) is 5.27. The lowest BCUT2D eigenvalue weighted by atomic mass is 10.1. The van der Waals surface area contributed by atoms with E-state index in [1.165, 1.54) is 19.3 Å². The Hall–Kier alpha value is -1.55. The van der Waals surface area contributed by atoms with E-state index in [9.17, 15) is 9.59 Å². The van der Waals surface area contributed by atoms with Crippen molar-refractivity contribution >= 4 is 29.1 Å². The standard InChI is InChI=1S/C17H19ClN2O2/c18-10-3-1-4-11(9-10)20-8-7-14(17(20)22)19-16(21)15-12-5-2-6-13(12)15/h1,3-4,9,12-15H,2,5-8H2,(H,19,21)/t12-,13+,14-,15?/m0/s1. The molecule has 4 atom stereocenters. The summed E-state index contributed by atoms with van der Waals surface area (Å²) in [6.45, 7) is 0.627.